The van der Waals surface area contributed by atoms with E-state index in [1.807, 2.05) is 0 Å². The van der Waals surface area contributed by atoms with Crippen molar-refractivity contribution in [3.05, 3.63) is 35.4 Å². The average molecular weight is 268 g/mol. The highest BCUT2D eigenvalue weighted by atomic mass is 19.4. The first-order chi connectivity index (χ1) is 8.02. The van der Waals surface area contributed by atoms with Gasteiger partial charge in [-0.05, 0) is 5.56 Å². The van der Waals surface area contributed by atoms with Crippen LogP contribution in [0.2, 0.25) is 0 Å². The molecule has 0 spiro atoms. The molecule has 0 aliphatic rings. The summed E-state index contributed by atoms with van der Waals surface area (Å²) < 4.78 is 62.4. The molecule has 6 heteroatoms. The van der Waals surface area contributed by atoms with Gasteiger partial charge in [-0.25, -0.2) is 0 Å². The zero-order valence-corrected chi connectivity index (χ0v) is 9.85. The summed E-state index contributed by atoms with van der Waals surface area (Å²) in [5.41, 5.74) is -1.30. The van der Waals surface area contributed by atoms with Crippen LogP contribution in [0.5, 0.6) is 0 Å². The predicted octanol–water partition coefficient (Wildman–Crippen LogP) is 3.61. The average Bonchev–Trinajstić information content (AvgIpc) is 2.27. The van der Waals surface area contributed by atoms with E-state index in [0.29, 0.717) is 5.56 Å². The zero-order valence-electron chi connectivity index (χ0n) is 9.85. The summed E-state index contributed by atoms with van der Waals surface area (Å²) in [6.45, 7) is 3.08. The van der Waals surface area contributed by atoms with Gasteiger partial charge >= 0.3 is 12.1 Å². The molecule has 1 N–H and O–H groups in total. The highest BCUT2D eigenvalue weighted by Crippen LogP contribution is 2.44. The van der Waals surface area contributed by atoms with Gasteiger partial charge in [0.1, 0.15) is 0 Å². The van der Waals surface area contributed by atoms with Gasteiger partial charge in [0.25, 0.3) is 0 Å². The summed E-state index contributed by atoms with van der Waals surface area (Å²) in [5.74, 6) is -4.87. The van der Waals surface area contributed by atoms with Gasteiger partial charge in [-0.3, -0.25) is 0 Å². The number of benzene rings is 1. The van der Waals surface area contributed by atoms with Crippen LogP contribution in [0.1, 0.15) is 25.0 Å². The minimum Gasteiger partial charge on any atom is -0.395 e. The van der Waals surface area contributed by atoms with E-state index >= 15 is 0 Å². The van der Waals surface area contributed by atoms with Crippen molar-refractivity contribution in [1.29, 1.82) is 0 Å². The maximum Gasteiger partial charge on any atom is 0.458 e. The molecule has 0 fully saturated rings. The van der Waals surface area contributed by atoms with Crippen molar-refractivity contribution in [2.75, 3.05) is 6.61 Å². The lowest BCUT2D eigenvalue weighted by Crippen LogP contribution is -2.33. The number of hydrogen-bond acceptors (Lipinski definition) is 1. The van der Waals surface area contributed by atoms with Crippen LogP contribution in [0.25, 0.3) is 0 Å². The Labute approximate surface area is 101 Å². The second-order valence-electron chi connectivity index (χ2n) is 4.69. The Morgan fingerprint density at radius 3 is 1.61 bits per heavy atom. The summed E-state index contributed by atoms with van der Waals surface area (Å²) in [6, 6.07) is 3.82. The third-order valence-corrected chi connectivity index (χ3v) is 2.78. The molecule has 0 saturated carbocycles. The van der Waals surface area contributed by atoms with Crippen LogP contribution in [0.4, 0.5) is 22.0 Å². The van der Waals surface area contributed by atoms with E-state index < -0.39 is 23.1 Å². The fraction of sp³-hybridized carbons (Fsp3) is 0.500. The largest absolute Gasteiger partial charge is 0.458 e. The van der Waals surface area contributed by atoms with Crippen molar-refractivity contribution in [3.63, 3.8) is 0 Å². The van der Waals surface area contributed by atoms with Gasteiger partial charge in [0, 0.05) is 11.0 Å². The summed E-state index contributed by atoms with van der Waals surface area (Å²) in [6.07, 6.45) is -5.61. The molecule has 0 heterocycles. The summed E-state index contributed by atoms with van der Waals surface area (Å²) >= 11 is 0. The van der Waals surface area contributed by atoms with E-state index in [1.54, 1.807) is 13.8 Å². The van der Waals surface area contributed by atoms with E-state index in [-0.39, 0.29) is 6.61 Å². The lowest BCUT2D eigenvalue weighted by atomic mass is 9.85. The third-order valence-electron chi connectivity index (χ3n) is 2.78. The van der Waals surface area contributed by atoms with Gasteiger partial charge in [-0.2, -0.15) is 22.0 Å². The topological polar surface area (TPSA) is 20.2 Å². The Kier molecular flexibility index (Phi) is 3.72. The number of aliphatic hydroxyl groups is 1. The molecule has 0 atom stereocenters. The molecule has 18 heavy (non-hydrogen) atoms. The van der Waals surface area contributed by atoms with E-state index in [2.05, 4.69) is 0 Å². The van der Waals surface area contributed by atoms with Crippen LogP contribution in [-0.4, -0.2) is 17.9 Å². The molecule has 102 valence electrons. The smallest absolute Gasteiger partial charge is 0.395 e. The van der Waals surface area contributed by atoms with Gasteiger partial charge in [-0.1, -0.05) is 38.1 Å². The second-order valence-corrected chi connectivity index (χ2v) is 4.69. The van der Waals surface area contributed by atoms with Crippen molar-refractivity contribution in [2.45, 2.75) is 31.4 Å². The van der Waals surface area contributed by atoms with Gasteiger partial charge in [0.15, 0.2) is 0 Å². The standard InChI is InChI=1S/C12H13F5O/c1-10(2,7-18)8-3-5-9(6-4-8)11(13,14)12(15,16)17/h3-6,18H,7H2,1-2H3. The minimum atomic E-state index is -5.61. The van der Waals surface area contributed by atoms with Crippen LogP contribution in [0.3, 0.4) is 0 Å². The molecule has 0 bridgehead atoms. The molecular formula is C12H13F5O. The maximum atomic E-state index is 13.0. The summed E-state index contributed by atoms with van der Waals surface area (Å²) in [5, 5.41) is 9.08. The SMILES string of the molecule is CC(C)(CO)c1ccc(C(F)(F)C(F)(F)F)cc1. The van der Waals surface area contributed by atoms with Crippen LogP contribution < -0.4 is 0 Å². The monoisotopic (exact) mass is 268 g/mol. The van der Waals surface area contributed by atoms with Crippen LogP contribution in [0, 0.1) is 0 Å². The summed E-state index contributed by atoms with van der Waals surface area (Å²) in [7, 11) is 0. The molecule has 0 aromatic heterocycles. The highest BCUT2D eigenvalue weighted by molar-refractivity contribution is 5.31. The molecule has 1 rings (SSSR count). The fourth-order valence-electron chi connectivity index (χ4n) is 1.39. The number of rotatable bonds is 3. The Hall–Kier alpha value is -1.17. The van der Waals surface area contributed by atoms with Crippen LogP contribution >= 0.6 is 0 Å². The van der Waals surface area contributed by atoms with Crippen LogP contribution in [0.15, 0.2) is 24.3 Å². The zero-order chi connectivity index (χ0) is 14.2. The molecule has 0 unspecified atom stereocenters. The van der Waals surface area contributed by atoms with E-state index in [0.717, 1.165) is 12.1 Å². The first kappa shape index (κ1) is 14.9. The lowest BCUT2D eigenvalue weighted by molar-refractivity contribution is -0.289. The molecule has 0 aliphatic heterocycles. The molecule has 1 nitrogen and oxygen atoms in total. The Bertz CT molecular complexity index is 405. The van der Waals surface area contributed by atoms with Crippen molar-refractivity contribution in [1.82, 2.24) is 0 Å². The fourth-order valence-corrected chi connectivity index (χ4v) is 1.39. The number of aliphatic hydroxyl groups excluding tert-OH is 1. The Morgan fingerprint density at radius 2 is 1.28 bits per heavy atom. The van der Waals surface area contributed by atoms with Crippen molar-refractivity contribution in [3.8, 4) is 0 Å². The normalized spacial score (nSPS) is 13.8. The molecule has 0 aliphatic carbocycles. The number of alkyl halides is 5. The lowest BCUT2D eigenvalue weighted by Gasteiger charge is -2.24. The Morgan fingerprint density at radius 1 is 0.889 bits per heavy atom. The van der Waals surface area contributed by atoms with Crippen molar-refractivity contribution in [2.24, 2.45) is 0 Å². The van der Waals surface area contributed by atoms with E-state index in [1.165, 1.54) is 12.1 Å². The van der Waals surface area contributed by atoms with Crippen molar-refractivity contribution < 1.29 is 27.1 Å². The molecular weight excluding hydrogens is 255 g/mol. The number of halogens is 5. The first-order valence-corrected chi connectivity index (χ1v) is 5.19. The quantitative estimate of drug-likeness (QED) is 0.830. The first-order valence-electron chi connectivity index (χ1n) is 5.19. The molecule has 1 aromatic carbocycles. The number of hydrogen-bond donors (Lipinski definition) is 1. The van der Waals surface area contributed by atoms with Gasteiger partial charge in [0.05, 0.1) is 6.61 Å². The van der Waals surface area contributed by atoms with Gasteiger partial charge in [0.2, 0.25) is 0 Å². The molecule has 0 amide bonds. The predicted molar refractivity (Wildman–Crippen MR) is 56.5 cm³/mol. The Balaban J connectivity index is 3.11. The van der Waals surface area contributed by atoms with Crippen LogP contribution in [-0.2, 0) is 11.3 Å². The molecule has 0 radical (unpaired) electrons. The maximum absolute atomic E-state index is 13.0. The van der Waals surface area contributed by atoms with E-state index in [9.17, 15) is 22.0 Å². The molecule has 1 aromatic rings. The third kappa shape index (κ3) is 2.63. The minimum absolute atomic E-state index is 0.234. The van der Waals surface area contributed by atoms with Gasteiger partial charge in [-0.15, -0.1) is 0 Å². The van der Waals surface area contributed by atoms with E-state index in [4.69, 9.17) is 5.11 Å². The summed E-state index contributed by atoms with van der Waals surface area (Å²) in [4.78, 5) is 0. The van der Waals surface area contributed by atoms with Crippen molar-refractivity contribution >= 4 is 0 Å². The van der Waals surface area contributed by atoms with Gasteiger partial charge < -0.3 is 5.11 Å². The second kappa shape index (κ2) is 4.50. The molecule has 0 saturated heterocycles. The highest BCUT2D eigenvalue weighted by Gasteiger charge is 2.58.